The van der Waals surface area contributed by atoms with E-state index in [9.17, 15) is 9.18 Å². The molecular formula is C17H20FN3O. The molecule has 0 bridgehead atoms. The molecular weight excluding hydrogens is 281 g/mol. The van der Waals surface area contributed by atoms with Crippen LogP contribution < -0.4 is 16.0 Å². The summed E-state index contributed by atoms with van der Waals surface area (Å²) in [5, 5.41) is 2.70. The van der Waals surface area contributed by atoms with Crippen molar-refractivity contribution in [3.8, 4) is 0 Å². The fourth-order valence-corrected chi connectivity index (χ4v) is 2.15. The van der Waals surface area contributed by atoms with Crippen molar-refractivity contribution in [2.75, 3.05) is 29.5 Å². The summed E-state index contributed by atoms with van der Waals surface area (Å²) in [5.74, 6) is -0.542. The van der Waals surface area contributed by atoms with Crippen molar-refractivity contribution in [2.45, 2.75) is 12.8 Å². The van der Waals surface area contributed by atoms with Crippen LogP contribution in [0.3, 0.4) is 0 Å². The molecule has 0 aliphatic rings. The largest absolute Gasteiger partial charge is 0.397 e. The van der Waals surface area contributed by atoms with Crippen LogP contribution in [0.25, 0.3) is 0 Å². The molecule has 0 radical (unpaired) electrons. The van der Waals surface area contributed by atoms with Gasteiger partial charge in [0.15, 0.2) is 0 Å². The van der Waals surface area contributed by atoms with Gasteiger partial charge in [0, 0.05) is 25.7 Å². The molecule has 0 aliphatic carbocycles. The zero-order valence-electron chi connectivity index (χ0n) is 12.6. The molecule has 0 unspecified atom stereocenters. The SMILES string of the molecule is CN(CCCC(=O)Nc1ccc(F)cc1N)c1ccccc1. The van der Waals surface area contributed by atoms with Crippen LogP contribution in [0.2, 0.25) is 0 Å². The monoisotopic (exact) mass is 301 g/mol. The molecule has 0 spiro atoms. The van der Waals surface area contributed by atoms with E-state index in [-0.39, 0.29) is 11.6 Å². The molecule has 3 N–H and O–H groups in total. The van der Waals surface area contributed by atoms with E-state index in [2.05, 4.69) is 10.2 Å². The lowest BCUT2D eigenvalue weighted by atomic mass is 10.2. The second kappa shape index (κ2) is 7.45. The number of carbonyl (C=O) groups is 1. The highest BCUT2D eigenvalue weighted by molar-refractivity contribution is 5.93. The summed E-state index contributed by atoms with van der Waals surface area (Å²) in [5.41, 5.74) is 7.45. The summed E-state index contributed by atoms with van der Waals surface area (Å²) in [6.45, 7) is 0.774. The Bertz CT molecular complexity index is 631. The van der Waals surface area contributed by atoms with Gasteiger partial charge in [0.25, 0.3) is 0 Å². The maximum atomic E-state index is 12.9. The van der Waals surface area contributed by atoms with Gasteiger partial charge in [-0.2, -0.15) is 0 Å². The lowest BCUT2D eigenvalue weighted by molar-refractivity contribution is -0.116. The second-order valence-electron chi connectivity index (χ2n) is 5.14. The van der Waals surface area contributed by atoms with Gasteiger partial charge < -0.3 is 16.0 Å². The number of para-hydroxylation sites is 1. The lowest BCUT2D eigenvalue weighted by Gasteiger charge is -2.18. The van der Waals surface area contributed by atoms with Crippen molar-refractivity contribution >= 4 is 23.0 Å². The van der Waals surface area contributed by atoms with E-state index < -0.39 is 5.82 Å². The molecule has 1 amide bonds. The second-order valence-corrected chi connectivity index (χ2v) is 5.14. The van der Waals surface area contributed by atoms with E-state index in [4.69, 9.17) is 5.73 Å². The van der Waals surface area contributed by atoms with E-state index in [0.717, 1.165) is 18.7 Å². The van der Waals surface area contributed by atoms with E-state index >= 15 is 0 Å². The van der Waals surface area contributed by atoms with Crippen LogP contribution in [0.5, 0.6) is 0 Å². The Kier molecular flexibility index (Phi) is 5.36. The summed E-state index contributed by atoms with van der Waals surface area (Å²) in [4.78, 5) is 14.0. The van der Waals surface area contributed by atoms with Gasteiger partial charge in [-0.3, -0.25) is 4.79 Å². The van der Waals surface area contributed by atoms with Gasteiger partial charge in [0.1, 0.15) is 5.82 Å². The van der Waals surface area contributed by atoms with Gasteiger partial charge in [-0.15, -0.1) is 0 Å². The molecule has 0 fully saturated rings. The molecule has 22 heavy (non-hydrogen) atoms. The van der Waals surface area contributed by atoms with Crippen LogP contribution in [0, 0.1) is 5.82 Å². The Morgan fingerprint density at radius 1 is 1.23 bits per heavy atom. The van der Waals surface area contributed by atoms with Crippen molar-refractivity contribution < 1.29 is 9.18 Å². The average Bonchev–Trinajstić information content (AvgIpc) is 2.51. The van der Waals surface area contributed by atoms with Crippen LogP contribution in [0.1, 0.15) is 12.8 Å². The number of benzene rings is 2. The number of amides is 1. The number of nitrogens with zero attached hydrogens (tertiary/aromatic N) is 1. The number of halogens is 1. The molecule has 0 heterocycles. The molecule has 2 aromatic carbocycles. The zero-order chi connectivity index (χ0) is 15.9. The molecule has 5 heteroatoms. The third-order valence-electron chi connectivity index (χ3n) is 3.38. The number of nitrogen functional groups attached to an aromatic ring is 1. The number of hydrogen-bond donors (Lipinski definition) is 2. The van der Waals surface area contributed by atoms with E-state index in [1.165, 1.54) is 18.2 Å². The van der Waals surface area contributed by atoms with Crippen LogP contribution in [-0.2, 0) is 4.79 Å². The first-order valence-electron chi connectivity index (χ1n) is 7.17. The highest BCUT2D eigenvalue weighted by Crippen LogP contribution is 2.19. The average molecular weight is 301 g/mol. The first kappa shape index (κ1) is 15.8. The topological polar surface area (TPSA) is 58.4 Å². The molecule has 0 saturated carbocycles. The molecule has 116 valence electrons. The van der Waals surface area contributed by atoms with E-state index in [1.54, 1.807) is 0 Å². The van der Waals surface area contributed by atoms with Crippen LogP contribution >= 0.6 is 0 Å². The van der Waals surface area contributed by atoms with Gasteiger partial charge in [-0.1, -0.05) is 18.2 Å². The van der Waals surface area contributed by atoms with Gasteiger partial charge in [0.05, 0.1) is 11.4 Å². The van der Waals surface area contributed by atoms with E-state index in [1.807, 2.05) is 37.4 Å². The minimum atomic E-state index is -0.417. The van der Waals surface area contributed by atoms with Crippen molar-refractivity contribution in [1.82, 2.24) is 0 Å². The molecule has 4 nitrogen and oxygen atoms in total. The number of rotatable bonds is 6. The normalized spacial score (nSPS) is 10.3. The fourth-order valence-electron chi connectivity index (χ4n) is 2.15. The molecule has 2 rings (SSSR count). The fraction of sp³-hybridized carbons (Fsp3) is 0.235. The predicted molar refractivity (Wildman–Crippen MR) is 88.4 cm³/mol. The highest BCUT2D eigenvalue weighted by Gasteiger charge is 2.07. The maximum Gasteiger partial charge on any atom is 0.224 e. The smallest absolute Gasteiger partial charge is 0.224 e. The molecule has 0 aromatic heterocycles. The summed E-state index contributed by atoms with van der Waals surface area (Å²) in [6, 6.07) is 13.9. The third kappa shape index (κ3) is 4.48. The Morgan fingerprint density at radius 3 is 2.64 bits per heavy atom. The summed E-state index contributed by atoms with van der Waals surface area (Å²) < 4.78 is 12.9. The van der Waals surface area contributed by atoms with Crippen molar-refractivity contribution in [1.29, 1.82) is 0 Å². The van der Waals surface area contributed by atoms with Gasteiger partial charge in [0.2, 0.25) is 5.91 Å². The van der Waals surface area contributed by atoms with Crippen molar-refractivity contribution in [3.05, 3.63) is 54.3 Å². The molecule has 0 saturated heterocycles. The van der Waals surface area contributed by atoms with E-state index in [0.29, 0.717) is 12.1 Å². The standard InChI is InChI=1S/C17H20FN3O/c1-21(14-6-3-2-4-7-14)11-5-8-17(22)20-16-10-9-13(18)12-15(16)19/h2-4,6-7,9-10,12H,5,8,11,19H2,1H3,(H,20,22). The van der Waals surface area contributed by atoms with Crippen molar-refractivity contribution in [3.63, 3.8) is 0 Å². The Hall–Kier alpha value is -2.56. The van der Waals surface area contributed by atoms with Crippen molar-refractivity contribution in [2.24, 2.45) is 0 Å². The van der Waals surface area contributed by atoms with Gasteiger partial charge in [-0.05, 0) is 36.8 Å². The van der Waals surface area contributed by atoms with Crippen LogP contribution in [0.15, 0.2) is 48.5 Å². The van der Waals surface area contributed by atoms with Gasteiger partial charge in [-0.25, -0.2) is 4.39 Å². The summed E-state index contributed by atoms with van der Waals surface area (Å²) in [7, 11) is 1.99. The Balaban J connectivity index is 1.78. The minimum Gasteiger partial charge on any atom is -0.397 e. The minimum absolute atomic E-state index is 0.125. The summed E-state index contributed by atoms with van der Waals surface area (Å²) in [6.07, 6.45) is 1.10. The lowest BCUT2D eigenvalue weighted by Crippen LogP contribution is -2.20. The molecule has 0 aliphatic heterocycles. The Labute approximate surface area is 129 Å². The number of hydrogen-bond acceptors (Lipinski definition) is 3. The van der Waals surface area contributed by atoms with Crippen LogP contribution in [0.4, 0.5) is 21.5 Å². The first-order valence-corrected chi connectivity index (χ1v) is 7.17. The number of nitrogens with one attached hydrogen (secondary N) is 1. The first-order chi connectivity index (χ1) is 10.6. The number of carbonyl (C=O) groups excluding carboxylic acids is 1. The highest BCUT2D eigenvalue weighted by atomic mass is 19.1. The predicted octanol–water partition coefficient (Wildman–Crippen LogP) is 3.26. The number of nitrogens with two attached hydrogens (primary N) is 1. The third-order valence-corrected chi connectivity index (χ3v) is 3.38. The number of anilines is 3. The summed E-state index contributed by atoms with van der Waals surface area (Å²) >= 11 is 0. The maximum absolute atomic E-state index is 12.9. The Morgan fingerprint density at radius 2 is 1.95 bits per heavy atom. The zero-order valence-corrected chi connectivity index (χ0v) is 12.6. The van der Waals surface area contributed by atoms with Gasteiger partial charge >= 0.3 is 0 Å². The molecule has 0 atom stereocenters. The quantitative estimate of drug-likeness (QED) is 0.805. The molecule has 2 aromatic rings. The van der Waals surface area contributed by atoms with Crippen LogP contribution in [-0.4, -0.2) is 19.5 Å².